The summed E-state index contributed by atoms with van der Waals surface area (Å²) in [6, 6.07) is 9.50. The number of nitrogens with zero attached hydrogens (tertiary/aromatic N) is 4. The van der Waals surface area contributed by atoms with Crippen LogP contribution in [-0.2, 0) is 4.74 Å². The first-order valence-electron chi connectivity index (χ1n) is 11.9. The molecule has 3 heterocycles. The number of hydrogen-bond acceptors (Lipinski definition) is 6. The van der Waals surface area contributed by atoms with Crippen molar-refractivity contribution in [1.29, 1.82) is 0 Å². The fraction of sp³-hybridized carbons (Fsp3) is 0.214. The lowest BCUT2D eigenvalue weighted by molar-refractivity contribution is 0.0629. The van der Waals surface area contributed by atoms with Crippen LogP contribution >= 0.6 is 0 Å². The van der Waals surface area contributed by atoms with Crippen LogP contribution in [0.25, 0.3) is 27.9 Å². The molecule has 0 fully saturated rings. The van der Waals surface area contributed by atoms with Crippen LogP contribution in [0.4, 0.5) is 5.82 Å². The second-order valence-electron chi connectivity index (χ2n) is 8.69. The van der Waals surface area contributed by atoms with Gasteiger partial charge in [-0.1, -0.05) is 30.9 Å². The van der Waals surface area contributed by atoms with Crippen LogP contribution in [0, 0.1) is 0 Å². The molecule has 0 saturated heterocycles. The van der Waals surface area contributed by atoms with Crippen LogP contribution < -0.4 is 5.32 Å². The molecule has 0 spiro atoms. The molecule has 0 aliphatic rings. The van der Waals surface area contributed by atoms with E-state index in [2.05, 4.69) is 32.1 Å². The summed E-state index contributed by atoms with van der Waals surface area (Å²) >= 11 is 0. The van der Waals surface area contributed by atoms with E-state index in [9.17, 15) is 4.79 Å². The number of rotatable bonds is 10. The molecule has 190 valence electrons. The van der Waals surface area contributed by atoms with Crippen molar-refractivity contribution in [1.82, 2.24) is 30.0 Å². The topological polar surface area (TPSA) is 112 Å². The van der Waals surface area contributed by atoms with Crippen molar-refractivity contribution in [3.8, 4) is 11.4 Å². The summed E-state index contributed by atoms with van der Waals surface area (Å²) < 4.78 is 5.18. The molecule has 0 aliphatic carbocycles. The number of carbonyl (C=O) groups excluding carboxylic acids is 1. The Morgan fingerprint density at radius 2 is 2.11 bits per heavy atom. The number of aromatic amines is 2. The molecule has 3 N–H and O–H groups in total. The van der Waals surface area contributed by atoms with Gasteiger partial charge in [0.1, 0.15) is 11.5 Å². The van der Waals surface area contributed by atoms with E-state index >= 15 is 0 Å². The highest BCUT2D eigenvalue weighted by molar-refractivity contribution is 5.98. The highest BCUT2D eigenvalue weighted by Crippen LogP contribution is 2.24. The van der Waals surface area contributed by atoms with E-state index in [1.54, 1.807) is 37.6 Å². The number of nitrogens with one attached hydrogen (secondary N) is 3. The molecule has 1 aromatic carbocycles. The van der Waals surface area contributed by atoms with E-state index < -0.39 is 0 Å². The smallest absolute Gasteiger partial charge is 0.270 e. The van der Waals surface area contributed by atoms with Gasteiger partial charge in [0.15, 0.2) is 5.82 Å². The fourth-order valence-electron chi connectivity index (χ4n) is 3.76. The molecule has 4 rings (SSSR count). The maximum atomic E-state index is 12.9. The Balaban J connectivity index is 1.51. The van der Waals surface area contributed by atoms with Crippen LogP contribution in [0.15, 0.2) is 79.4 Å². The summed E-state index contributed by atoms with van der Waals surface area (Å²) in [7, 11) is 3.40. The van der Waals surface area contributed by atoms with Crippen molar-refractivity contribution < 1.29 is 9.53 Å². The Morgan fingerprint density at radius 3 is 2.84 bits per heavy atom. The number of H-pyrrole nitrogens is 2. The van der Waals surface area contributed by atoms with Crippen molar-refractivity contribution in [2.45, 2.75) is 19.9 Å². The average molecular weight is 498 g/mol. The number of ether oxygens (including phenoxy) is 1. The van der Waals surface area contributed by atoms with Gasteiger partial charge in [-0.05, 0) is 43.7 Å². The quantitative estimate of drug-likeness (QED) is 0.265. The number of hydrogen-bond donors (Lipinski definition) is 3. The third-order valence-corrected chi connectivity index (χ3v) is 6.07. The van der Waals surface area contributed by atoms with Gasteiger partial charge in [0.25, 0.3) is 5.91 Å². The highest BCUT2D eigenvalue weighted by atomic mass is 16.5. The van der Waals surface area contributed by atoms with Gasteiger partial charge in [0.05, 0.1) is 18.8 Å². The first kappa shape index (κ1) is 25.6. The molecule has 0 saturated carbocycles. The van der Waals surface area contributed by atoms with Gasteiger partial charge >= 0.3 is 0 Å². The van der Waals surface area contributed by atoms with Crippen LogP contribution in [0.2, 0.25) is 0 Å². The highest BCUT2D eigenvalue weighted by Gasteiger charge is 2.19. The lowest BCUT2D eigenvalue weighted by atomic mass is 10.1. The van der Waals surface area contributed by atoms with Crippen molar-refractivity contribution in [3.05, 3.63) is 90.7 Å². The fourth-order valence-corrected chi connectivity index (χ4v) is 3.76. The molecule has 9 heteroatoms. The van der Waals surface area contributed by atoms with Crippen LogP contribution in [0.5, 0.6) is 0 Å². The Kier molecular flexibility index (Phi) is 7.95. The molecule has 4 aromatic rings. The average Bonchev–Trinajstić information content (AvgIpc) is 3.60. The number of carbonyl (C=O) groups is 1. The molecule has 0 bridgehead atoms. The van der Waals surface area contributed by atoms with Crippen LogP contribution in [0.3, 0.4) is 0 Å². The molecule has 1 atom stereocenters. The number of aromatic nitrogens is 5. The zero-order chi connectivity index (χ0) is 26.4. The molecular weight excluding hydrogens is 466 g/mol. The van der Waals surface area contributed by atoms with Gasteiger partial charge in [-0.15, -0.1) is 0 Å². The molecule has 3 aromatic heterocycles. The number of methoxy groups -OCH3 is 1. The number of fused-ring (bicyclic) bond motifs is 1. The Hall–Kier alpha value is -4.50. The van der Waals surface area contributed by atoms with Gasteiger partial charge in [-0.3, -0.25) is 9.89 Å². The van der Waals surface area contributed by atoms with Gasteiger partial charge < -0.3 is 19.9 Å². The normalized spacial score (nSPS) is 12.7. The third kappa shape index (κ3) is 6.02. The summed E-state index contributed by atoms with van der Waals surface area (Å²) in [5.41, 5.74) is 4.83. The monoisotopic (exact) mass is 497 g/mol. The standard InChI is InChI=1S/C28H31N7O2/c1-6-23(10-7-18(2)22-15-30-31-16-22)32-26-11-12-29-27(34-26)21-9-8-20-13-25(33-24(20)14-21)28(36)35(4)19(3)17-37-5/h6-16,19,33H,2,17H2,1,3-5H3,(H,30,31)(H,29,32,34)/b10-7-,23-6+. The maximum Gasteiger partial charge on any atom is 0.270 e. The molecule has 9 nitrogen and oxygen atoms in total. The van der Waals surface area contributed by atoms with Gasteiger partial charge in [-0.2, -0.15) is 5.10 Å². The minimum absolute atomic E-state index is 0.0382. The van der Waals surface area contributed by atoms with E-state index in [0.29, 0.717) is 23.9 Å². The van der Waals surface area contributed by atoms with E-state index in [1.807, 2.05) is 62.4 Å². The summed E-state index contributed by atoms with van der Waals surface area (Å²) in [6.45, 7) is 8.43. The summed E-state index contributed by atoms with van der Waals surface area (Å²) in [6.07, 6.45) is 11.0. The molecule has 37 heavy (non-hydrogen) atoms. The van der Waals surface area contributed by atoms with Crippen LogP contribution in [-0.4, -0.2) is 62.8 Å². The SMILES string of the molecule is C=C(/C=C\C(=C/C)Nc1ccnc(-c2ccc3cc(C(=O)N(C)C(C)COC)[nH]c3c2)n1)c1cn[nH]c1. The van der Waals surface area contributed by atoms with E-state index in [0.717, 1.165) is 33.3 Å². The summed E-state index contributed by atoms with van der Waals surface area (Å²) in [5, 5.41) is 11.0. The maximum absolute atomic E-state index is 12.9. The van der Waals surface area contributed by atoms with E-state index in [4.69, 9.17) is 9.72 Å². The molecule has 1 unspecified atom stereocenters. The first-order valence-corrected chi connectivity index (χ1v) is 11.9. The number of benzene rings is 1. The van der Waals surface area contributed by atoms with E-state index in [-0.39, 0.29) is 11.9 Å². The van der Waals surface area contributed by atoms with Crippen molar-refractivity contribution in [2.24, 2.45) is 0 Å². The summed E-state index contributed by atoms with van der Waals surface area (Å²) in [4.78, 5) is 27.0. The van der Waals surface area contributed by atoms with Crippen LogP contribution in [0.1, 0.15) is 29.9 Å². The van der Waals surface area contributed by atoms with Gasteiger partial charge in [0.2, 0.25) is 0 Å². The Morgan fingerprint density at radius 1 is 1.27 bits per heavy atom. The minimum atomic E-state index is -0.0906. The van der Waals surface area contributed by atoms with Gasteiger partial charge in [0, 0.05) is 54.3 Å². The predicted octanol–water partition coefficient (Wildman–Crippen LogP) is 5.04. The Bertz CT molecular complexity index is 1450. The third-order valence-electron chi connectivity index (χ3n) is 6.07. The lowest BCUT2D eigenvalue weighted by Gasteiger charge is -2.23. The van der Waals surface area contributed by atoms with Crippen molar-refractivity contribution in [3.63, 3.8) is 0 Å². The lowest BCUT2D eigenvalue weighted by Crippen LogP contribution is -2.37. The Labute approximate surface area is 216 Å². The zero-order valence-electron chi connectivity index (χ0n) is 21.4. The second-order valence-corrected chi connectivity index (χ2v) is 8.69. The molecule has 1 amide bonds. The van der Waals surface area contributed by atoms with Crippen molar-refractivity contribution in [2.75, 3.05) is 26.1 Å². The van der Waals surface area contributed by atoms with Crippen molar-refractivity contribution >= 4 is 28.2 Å². The first-order chi connectivity index (χ1) is 17.9. The largest absolute Gasteiger partial charge is 0.383 e. The zero-order valence-corrected chi connectivity index (χ0v) is 21.4. The minimum Gasteiger partial charge on any atom is -0.383 e. The van der Waals surface area contributed by atoms with Gasteiger partial charge in [-0.25, -0.2) is 9.97 Å². The number of likely N-dealkylation sites (N-methyl/N-ethyl adjacent to an activating group) is 1. The molecular formula is C28H31N7O2. The second kappa shape index (κ2) is 11.5. The molecule has 0 radical (unpaired) electrons. The predicted molar refractivity (Wildman–Crippen MR) is 147 cm³/mol. The number of allylic oxidation sites excluding steroid dienone is 4. The number of amides is 1. The summed E-state index contributed by atoms with van der Waals surface area (Å²) in [5.74, 6) is 1.14. The molecule has 0 aliphatic heterocycles. The number of anilines is 1. The van der Waals surface area contributed by atoms with E-state index in [1.165, 1.54) is 0 Å².